The second kappa shape index (κ2) is 14.3. The minimum Gasteiger partial charge on any atom is -0.446 e. The Morgan fingerprint density at radius 3 is 2.33 bits per heavy atom. The van der Waals surface area contributed by atoms with Crippen LogP contribution in [0.2, 0.25) is 0 Å². The van der Waals surface area contributed by atoms with Gasteiger partial charge in [0.05, 0.1) is 12.2 Å². The van der Waals surface area contributed by atoms with Gasteiger partial charge in [0.2, 0.25) is 5.91 Å². The Morgan fingerprint density at radius 1 is 0.860 bits per heavy atom. The first kappa shape index (κ1) is 30.3. The molecule has 0 bridgehead atoms. The molecule has 0 unspecified atom stereocenters. The number of benzene rings is 3. The fourth-order valence-corrected chi connectivity index (χ4v) is 5.42. The van der Waals surface area contributed by atoms with Crippen LogP contribution in [0.3, 0.4) is 0 Å². The maximum atomic E-state index is 13.1. The van der Waals surface area contributed by atoms with E-state index in [0.29, 0.717) is 30.4 Å². The monoisotopic (exact) mass is 583 g/mol. The van der Waals surface area contributed by atoms with Crippen LogP contribution in [-0.4, -0.2) is 91.6 Å². The predicted octanol–water partition coefficient (Wildman–Crippen LogP) is 5.17. The molecule has 9 nitrogen and oxygen atoms in total. The highest BCUT2D eigenvalue weighted by Gasteiger charge is 2.27. The number of hydrogen-bond donors (Lipinski definition) is 2. The molecule has 0 spiro atoms. The largest absolute Gasteiger partial charge is 0.446 e. The van der Waals surface area contributed by atoms with Crippen molar-refractivity contribution in [2.75, 3.05) is 57.5 Å². The smallest absolute Gasteiger partial charge is 0.411 e. The van der Waals surface area contributed by atoms with Crippen molar-refractivity contribution in [2.45, 2.75) is 37.8 Å². The molecule has 226 valence electrons. The normalized spacial score (nSPS) is 15.6. The van der Waals surface area contributed by atoms with E-state index in [1.807, 2.05) is 61.6 Å². The highest BCUT2D eigenvalue weighted by atomic mass is 16.6. The molecule has 1 aliphatic carbocycles. The summed E-state index contributed by atoms with van der Waals surface area (Å²) in [5.74, 6) is -0.161. The van der Waals surface area contributed by atoms with E-state index < -0.39 is 6.09 Å². The van der Waals surface area contributed by atoms with Gasteiger partial charge in [0.15, 0.2) is 0 Å². The van der Waals surface area contributed by atoms with Gasteiger partial charge in [-0.05, 0) is 62.6 Å². The molecule has 0 aromatic heterocycles. The molecule has 2 N–H and O–H groups in total. The number of amides is 3. The predicted molar refractivity (Wildman–Crippen MR) is 169 cm³/mol. The number of likely N-dealkylation sites (tertiary alicyclic amines) is 1. The van der Waals surface area contributed by atoms with Crippen molar-refractivity contribution in [3.05, 3.63) is 84.4 Å². The number of carbonyl (C=O) groups excluding carboxylic acids is 3. The van der Waals surface area contributed by atoms with Crippen LogP contribution in [0, 0.1) is 0 Å². The highest BCUT2D eigenvalue weighted by Crippen LogP contribution is 2.28. The topological polar surface area (TPSA) is 94.2 Å². The molecule has 2 aliphatic rings. The number of nitrogens with one attached hydrogen (secondary N) is 2. The standard InChI is InChI=1S/C34H41N5O4/c1-37(33(41)26-11-8-12-27(23-26)35-32(40)24-38(2)28-15-16-28)21-22-39-19-17-29(18-20-39)43-34(42)36-31-14-7-6-13-30(31)25-9-4-3-5-10-25/h3-14,23,28-29H,15-22,24H2,1-2H3,(H,35,40)(H,36,42). The SMILES string of the molecule is CN(CCN1CCC(OC(=O)Nc2ccccc2-c2ccccc2)CC1)C(=O)c1cccc(NC(=O)CN(C)C2CC2)c1. The van der Waals surface area contributed by atoms with Crippen molar-refractivity contribution >= 4 is 29.3 Å². The zero-order valence-electron chi connectivity index (χ0n) is 25.0. The lowest BCUT2D eigenvalue weighted by molar-refractivity contribution is -0.117. The van der Waals surface area contributed by atoms with Crippen molar-refractivity contribution in [1.82, 2.24) is 14.7 Å². The molecule has 0 atom stereocenters. The van der Waals surface area contributed by atoms with Gasteiger partial charge in [-0.1, -0.05) is 54.6 Å². The number of hydrogen-bond acceptors (Lipinski definition) is 6. The number of carbonyl (C=O) groups is 3. The Balaban J connectivity index is 1.04. The fourth-order valence-electron chi connectivity index (χ4n) is 5.42. The summed E-state index contributed by atoms with van der Waals surface area (Å²) in [7, 11) is 3.76. The number of rotatable bonds is 11. The van der Waals surface area contributed by atoms with Crippen molar-refractivity contribution in [3.8, 4) is 11.1 Å². The van der Waals surface area contributed by atoms with Crippen LogP contribution in [0.4, 0.5) is 16.2 Å². The summed E-state index contributed by atoms with van der Waals surface area (Å²) in [6, 6.07) is 25.3. The first-order valence-electron chi connectivity index (χ1n) is 15.1. The van der Waals surface area contributed by atoms with Crippen LogP contribution in [0.15, 0.2) is 78.9 Å². The van der Waals surface area contributed by atoms with Gasteiger partial charge < -0.3 is 19.9 Å². The molecule has 2 fully saturated rings. The molecule has 3 aromatic carbocycles. The van der Waals surface area contributed by atoms with Gasteiger partial charge in [-0.25, -0.2) is 4.79 Å². The van der Waals surface area contributed by atoms with Gasteiger partial charge >= 0.3 is 6.09 Å². The molecular weight excluding hydrogens is 542 g/mol. The molecule has 1 saturated heterocycles. The maximum Gasteiger partial charge on any atom is 0.411 e. The molecular formula is C34H41N5O4. The van der Waals surface area contributed by atoms with Crippen molar-refractivity contribution in [2.24, 2.45) is 0 Å². The minimum absolute atomic E-state index is 0.0748. The Hall–Kier alpha value is -4.21. The van der Waals surface area contributed by atoms with E-state index >= 15 is 0 Å². The van der Waals surface area contributed by atoms with E-state index in [0.717, 1.165) is 62.1 Å². The lowest BCUT2D eigenvalue weighted by Crippen LogP contribution is -2.42. The summed E-state index contributed by atoms with van der Waals surface area (Å²) in [5.41, 5.74) is 3.87. The van der Waals surface area contributed by atoms with Gasteiger partial charge in [-0.2, -0.15) is 0 Å². The van der Waals surface area contributed by atoms with Crippen LogP contribution >= 0.6 is 0 Å². The Kier molecular flexibility index (Phi) is 10.1. The lowest BCUT2D eigenvalue weighted by Gasteiger charge is -2.32. The molecule has 1 aliphatic heterocycles. The maximum absolute atomic E-state index is 13.1. The average molecular weight is 584 g/mol. The van der Waals surface area contributed by atoms with E-state index in [2.05, 4.69) is 20.4 Å². The number of anilines is 2. The number of likely N-dealkylation sites (N-methyl/N-ethyl adjacent to an activating group) is 2. The number of ether oxygens (including phenoxy) is 1. The summed E-state index contributed by atoms with van der Waals surface area (Å²) in [6.07, 6.45) is 3.18. The van der Waals surface area contributed by atoms with Crippen molar-refractivity contribution < 1.29 is 19.1 Å². The van der Waals surface area contributed by atoms with Crippen molar-refractivity contribution in [1.29, 1.82) is 0 Å². The second-order valence-electron chi connectivity index (χ2n) is 11.5. The third-order valence-corrected chi connectivity index (χ3v) is 8.11. The van der Waals surface area contributed by atoms with Gasteiger partial charge in [-0.3, -0.25) is 19.8 Å². The van der Waals surface area contributed by atoms with Crippen LogP contribution in [0.5, 0.6) is 0 Å². The molecule has 1 heterocycles. The summed E-state index contributed by atoms with van der Waals surface area (Å²) < 4.78 is 5.76. The fraction of sp³-hybridized carbons (Fsp3) is 0.382. The third-order valence-electron chi connectivity index (χ3n) is 8.11. The Labute approximate surface area is 253 Å². The highest BCUT2D eigenvalue weighted by molar-refractivity contribution is 5.97. The zero-order valence-corrected chi connectivity index (χ0v) is 25.0. The van der Waals surface area contributed by atoms with Crippen LogP contribution in [0.1, 0.15) is 36.0 Å². The van der Waals surface area contributed by atoms with E-state index in [4.69, 9.17) is 4.74 Å². The summed E-state index contributed by atoms with van der Waals surface area (Å²) >= 11 is 0. The summed E-state index contributed by atoms with van der Waals surface area (Å²) in [6.45, 7) is 3.23. The average Bonchev–Trinajstić information content (AvgIpc) is 3.87. The van der Waals surface area contributed by atoms with E-state index in [-0.39, 0.29) is 17.9 Å². The number of para-hydroxylation sites is 1. The molecule has 1 saturated carbocycles. The van der Waals surface area contributed by atoms with Gasteiger partial charge in [0.25, 0.3) is 5.91 Å². The van der Waals surface area contributed by atoms with Crippen LogP contribution in [0.25, 0.3) is 11.1 Å². The van der Waals surface area contributed by atoms with E-state index in [9.17, 15) is 14.4 Å². The van der Waals surface area contributed by atoms with Gasteiger partial charge in [0, 0.05) is 56.1 Å². The number of piperidine rings is 1. The molecule has 43 heavy (non-hydrogen) atoms. The van der Waals surface area contributed by atoms with Crippen molar-refractivity contribution in [3.63, 3.8) is 0 Å². The molecule has 9 heteroatoms. The Bertz CT molecular complexity index is 1400. The quantitative estimate of drug-likeness (QED) is 0.324. The molecule has 0 radical (unpaired) electrons. The minimum atomic E-state index is -0.444. The second-order valence-corrected chi connectivity index (χ2v) is 11.5. The van der Waals surface area contributed by atoms with Crippen LogP contribution < -0.4 is 10.6 Å². The van der Waals surface area contributed by atoms with Gasteiger partial charge in [0.1, 0.15) is 6.10 Å². The van der Waals surface area contributed by atoms with E-state index in [1.54, 1.807) is 36.2 Å². The first-order chi connectivity index (χ1) is 20.9. The molecule has 5 rings (SSSR count). The van der Waals surface area contributed by atoms with Crippen LogP contribution in [-0.2, 0) is 9.53 Å². The van der Waals surface area contributed by atoms with E-state index in [1.165, 1.54) is 0 Å². The third kappa shape index (κ3) is 8.65. The summed E-state index contributed by atoms with van der Waals surface area (Å²) in [5, 5.41) is 5.84. The Morgan fingerprint density at radius 2 is 1.58 bits per heavy atom. The first-order valence-corrected chi connectivity index (χ1v) is 15.1. The lowest BCUT2D eigenvalue weighted by atomic mass is 10.0. The van der Waals surface area contributed by atoms with Gasteiger partial charge in [-0.15, -0.1) is 0 Å². The number of nitrogens with zero attached hydrogens (tertiary/aromatic N) is 3. The summed E-state index contributed by atoms with van der Waals surface area (Å²) in [4.78, 5) is 44.3. The molecule has 3 amide bonds. The zero-order chi connectivity index (χ0) is 30.2. The molecule has 3 aromatic rings.